The van der Waals surface area contributed by atoms with Gasteiger partial charge in [-0.15, -0.1) is 0 Å². The van der Waals surface area contributed by atoms with E-state index in [1.54, 1.807) is 6.07 Å². The highest BCUT2D eigenvalue weighted by atomic mass is 32.2. The van der Waals surface area contributed by atoms with E-state index in [1.807, 2.05) is 24.8 Å². The molecule has 0 aromatic heterocycles. The summed E-state index contributed by atoms with van der Waals surface area (Å²) in [5.41, 5.74) is 8.12. The van der Waals surface area contributed by atoms with Crippen molar-refractivity contribution in [1.82, 2.24) is 4.90 Å². The van der Waals surface area contributed by atoms with Crippen LogP contribution in [0.2, 0.25) is 0 Å². The molecule has 0 aliphatic carbocycles. The maximum Gasteiger partial charge on any atom is 0.123 e. The van der Waals surface area contributed by atoms with Crippen molar-refractivity contribution in [3.05, 3.63) is 35.1 Å². The first-order valence-electron chi connectivity index (χ1n) is 6.43. The summed E-state index contributed by atoms with van der Waals surface area (Å²) in [6, 6.07) is 5.76. The van der Waals surface area contributed by atoms with E-state index in [-0.39, 0.29) is 11.9 Å². The van der Waals surface area contributed by atoms with Gasteiger partial charge in [0.05, 0.1) is 0 Å². The van der Waals surface area contributed by atoms with Crippen molar-refractivity contribution in [2.45, 2.75) is 25.9 Å². The molecular formula is C14H21FN2S. The summed E-state index contributed by atoms with van der Waals surface area (Å²) in [6.07, 6.45) is 0. The van der Waals surface area contributed by atoms with Crippen LogP contribution in [0.5, 0.6) is 0 Å². The fourth-order valence-electron chi connectivity index (χ4n) is 2.66. The van der Waals surface area contributed by atoms with Gasteiger partial charge in [0.15, 0.2) is 0 Å². The topological polar surface area (TPSA) is 29.3 Å². The van der Waals surface area contributed by atoms with Gasteiger partial charge in [-0.05, 0) is 37.1 Å². The molecule has 2 nitrogen and oxygen atoms in total. The van der Waals surface area contributed by atoms with Crippen LogP contribution in [0.15, 0.2) is 18.2 Å². The third kappa shape index (κ3) is 2.87. The first-order chi connectivity index (χ1) is 8.63. The van der Waals surface area contributed by atoms with Crippen molar-refractivity contribution in [2.24, 2.45) is 5.73 Å². The highest BCUT2D eigenvalue weighted by Gasteiger charge is 2.27. The van der Waals surface area contributed by atoms with Crippen molar-refractivity contribution in [3.8, 4) is 0 Å². The van der Waals surface area contributed by atoms with Gasteiger partial charge in [-0.3, -0.25) is 4.90 Å². The Kier molecular flexibility index (Phi) is 4.65. The molecule has 1 aromatic rings. The number of nitrogens with zero attached hydrogens (tertiary/aromatic N) is 1. The Balaban J connectivity index is 2.26. The quantitative estimate of drug-likeness (QED) is 0.913. The molecule has 1 heterocycles. The van der Waals surface area contributed by atoms with Gasteiger partial charge in [0.2, 0.25) is 0 Å². The van der Waals surface area contributed by atoms with Crippen molar-refractivity contribution in [2.75, 3.05) is 24.6 Å². The molecule has 4 heteroatoms. The fourth-order valence-corrected chi connectivity index (χ4v) is 3.70. The SMILES string of the molecule is Cc1cc(F)ccc1C(CN)N1CCSCC1C. The molecular weight excluding hydrogens is 247 g/mol. The Morgan fingerprint density at radius 2 is 2.33 bits per heavy atom. The Morgan fingerprint density at radius 3 is 2.94 bits per heavy atom. The van der Waals surface area contributed by atoms with Crippen LogP contribution in [-0.2, 0) is 0 Å². The van der Waals surface area contributed by atoms with E-state index in [4.69, 9.17) is 5.73 Å². The zero-order chi connectivity index (χ0) is 13.1. The maximum atomic E-state index is 13.2. The molecule has 18 heavy (non-hydrogen) atoms. The minimum Gasteiger partial charge on any atom is -0.329 e. The Morgan fingerprint density at radius 1 is 1.56 bits per heavy atom. The van der Waals surface area contributed by atoms with Gasteiger partial charge in [-0.25, -0.2) is 4.39 Å². The number of hydrogen-bond acceptors (Lipinski definition) is 3. The molecule has 0 radical (unpaired) electrons. The molecule has 2 N–H and O–H groups in total. The average Bonchev–Trinajstić information content (AvgIpc) is 2.34. The van der Waals surface area contributed by atoms with Gasteiger partial charge in [0.1, 0.15) is 5.82 Å². The number of rotatable bonds is 3. The molecule has 0 amide bonds. The van der Waals surface area contributed by atoms with E-state index in [0.29, 0.717) is 12.6 Å². The molecule has 2 unspecified atom stereocenters. The van der Waals surface area contributed by atoms with Crippen molar-refractivity contribution in [3.63, 3.8) is 0 Å². The van der Waals surface area contributed by atoms with Gasteiger partial charge < -0.3 is 5.73 Å². The van der Waals surface area contributed by atoms with E-state index >= 15 is 0 Å². The fraction of sp³-hybridized carbons (Fsp3) is 0.571. The van der Waals surface area contributed by atoms with Gasteiger partial charge in [-0.1, -0.05) is 6.07 Å². The standard InChI is InChI=1S/C14H21FN2S/c1-10-7-12(15)3-4-13(10)14(8-16)17-5-6-18-9-11(17)2/h3-4,7,11,14H,5-6,8-9,16H2,1-2H3. The first-order valence-corrected chi connectivity index (χ1v) is 7.58. The first kappa shape index (κ1) is 13.8. The molecule has 1 fully saturated rings. The molecule has 1 saturated heterocycles. The van der Waals surface area contributed by atoms with Crippen LogP contribution in [-0.4, -0.2) is 35.5 Å². The van der Waals surface area contributed by atoms with Crippen LogP contribution in [0.3, 0.4) is 0 Å². The number of benzene rings is 1. The molecule has 0 bridgehead atoms. The van der Waals surface area contributed by atoms with Crippen LogP contribution in [0.4, 0.5) is 4.39 Å². The minimum atomic E-state index is -0.172. The summed E-state index contributed by atoms with van der Waals surface area (Å²) >= 11 is 1.99. The van der Waals surface area contributed by atoms with Crippen LogP contribution in [0, 0.1) is 12.7 Å². The largest absolute Gasteiger partial charge is 0.329 e. The molecule has 1 aliphatic heterocycles. The predicted octanol–water partition coefficient (Wildman–Crippen LogP) is 2.57. The summed E-state index contributed by atoms with van der Waals surface area (Å²) in [7, 11) is 0. The summed E-state index contributed by atoms with van der Waals surface area (Å²) in [5, 5.41) is 0. The molecule has 2 atom stereocenters. The van der Waals surface area contributed by atoms with E-state index in [1.165, 1.54) is 6.07 Å². The number of hydrogen-bond donors (Lipinski definition) is 1. The summed E-state index contributed by atoms with van der Waals surface area (Å²) in [6.45, 7) is 5.85. The van der Waals surface area contributed by atoms with Gasteiger partial charge >= 0.3 is 0 Å². The minimum absolute atomic E-state index is 0.172. The summed E-state index contributed by atoms with van der Waals surface area (Å²) in [4.78, 5) is 2.46. The lowest BCUT2D eigenvalue weighted by atomic mass is 9.98. The Bertz CT molecular complexity index is 411. The molecule has 0 saturated carbocycles. The van der Waals surface area contributed by atoms with E-state index in [9.17, 15) is 4.39 Å². The average molecular weight is 268 g/mol. The monoisotopic (exact) mass is 268 g/mol. The van der Waals surface area contributed by atoms with Crippen molar-refractivity contribution < 1.29 is 4.39 Å². The van der Waals surface area contributed by atoms with E-state index in [0.717, 1.165) is 29.2 Å². The Labute approximate surface area is 113 Å². The molecule has 2 rings (SSSR count). The number of aryl methyl sites for hydroxylation is 1. The van der Waals surface area contributed by atoms with Gasteiger partial charge in [-0.2, -0.15) is 11.8 Å². The van der Waals surface area contributed by atoms with Gasteiger partial charge in [0.25, 0.3) is 0 Å². The second kappa shape index (κ2) is 6.04. The maximum absolute atomic E-state index is 13.2. The molecule has 100 valence electrons. The van der Waals surface area contributed by atoms with E-state index in [2.05, 4.69) is 11.8 Å². The number of halogens is 1. The lowest BCUT2D eigenvalue weighted by molar-refractivity contribution is 0.165. The van der Waals surface area contributed by atoms with Crippen molar-refractivity contribution in [1.29, 1.82) is 0 Å². The molecule has 1 aromatic carbocycles. The second-order valence-electron chi connectivity index (χ2n) is 4.91. The van der Waals surface area contributed by atoms with Crippen LogP contribution in [0.25, 0.3) is 0 Å². The normalized spacial score (nSPS) is 23.0. The highest BCUT2D eigenvalue weighted by Crippen LogP contribution is 2.29. The zero-order valence-electron chi connectivity index (χ0n) is 11.0. The number of nitrogens with two attached hydrogens (primary N) is 1. The third-order valence-corrected chi connectivity index (χ3v) is 4.82. The van der Waals surface area contributed by atoms with Crippen LogP contribution < -0.4 is 5.73 Å². The van der Waals surface area contributed by atoms with Gasteiger partial charge in [0, 0.05) is 36.7 Å². The second-order valence-corrected chi connectivity index (χ2v) is 6.06. The highest BCUT2D eigenvalue weighted by molar-refractivity contribution is 7.99. The molecule has 0 spiro atoms. The third-order valence-electron chi connectivity index (χ3n) is 3.63. The smallest absolute Gasteiger partial charge is 0.123 e. The number of thioether (sulfide) groups is 1. The van der Waals surface area contributed by atoms with E-state index < -0.39 is 0 Å². The zero-order valence-corrected chi connectivity index (χ0v) is 11.8. The lowest BCUT2D eigenvalue weighted by Crippen LogP contribution is -2.45. The van der Waals surface area contributed by atoms with Crippen LogP contribution >= 0.6 is 11.8 Å². The predicted molar refractivity (Wildman–Crippen MR) is 76.4 cm³/mol. The molecule has 1 aliphatic rings. The Hall–Kier alpha value is -0.580. The van der Waals surface area contributed by atoms with Crippen LogP contribution in [0.1, 0.15) is 24.1 Å². The summed E-state index contributed by atoms with van der Waals surface area (Å²) in [5.74, 6) is 2.13. The lowest BCUT2D eigenvalue weighted by Gasteiger charge is -2.39. The summed E-state index contributed by atoms with van der Waals surface area (Å²) < 4.78 is 13.2. The van der Waals surface area contributed by atoms with Crippen molar-refractivity contribution >= 4 is 11.8 Å².